The van der Waals surface area contributed by atoms with Crippen LogP contribution >= 0.6 is 11.8 Å². The van der Waals surface area contributed by atoms with E-state index in [0.717, 1.165) is 0 Å². The van der Waals surface area contributed by atoms with Crippen molar-refractivity contribution in [3.8, 4) is 0 Å². The molecule has 0 N–H and O–H groups in total. The van der Waals surface area contributed by atoms with Crippen molar-refractivity contribution in [1.82, 2.24) is 0 Å². The van der Waals surface area contributed by atoms with E-state index in [1.165, 1.54) is 18.0 Å². The van der Waals surface area contributed by atoms with Crippen LogP contribution in [0.4, 0.5) is 0 Å². The number of hydrogen-bond acceptors (Lipinski definition) is 3. The van der Waals surface area contributed by atoms with Crippen molar-refractivity contribution in [1.29, 1.82) is 0 Å². The number of thioether (sulfide) groups is 1. The molecule has 0 aromatic carbocycles. The number of carbonyl (C=O) groups excluding carboxylic acids is 1. The summed E-state index contributed by atoms with van der Waals surface area (Å²) in [7, 11) is 0. The Morgan fingerprint density at radius 1 is 1.50 bits per heavy atom. The van der Waals surface area contributed by atoms with Crippen LogP contribution in [0.15, 0.2) is 22.8 Å². The molecule has 2 nitrogen and oxygen atoms in total. The molecule has 0 atom stereocenters. The fourth-order valence-corrected chi connectivity index (χ4v) is 1.50. The summed E-state index contributed by atoms with van der Waals surface area (Å²) in [5, 5.41) is -0.00694. The molecule has 1 rings (SSSR count). The van der Waals surface area contributed by atoms with Crippen molar-refractivity contribution >= 4 is 16.9 Å². The molecule has 1 heterocycles. The lowest BCUT2D eigenvalue weighted by molar-refractivity contribution is 0.106. The average molecular weight is 184 g/mol. The van der Waals surface area contributed by atoms with Crippen molar-refractivity contribution < 1.29 is 9.21 Å². The fourth-order valence-electron chi connectivity index (χ4n) is 0.723. The van der Waals surface area contributed by atoms with Crippen LogP contribution in [-0.4, -0.2) is 9.86 Å². The normalized spacial score (nSPS) is 11.6. The van der Waals surface area contributed by atoms with Crippen LogP contribution in [0.5, 0.6) is 0 Å². The van der Waals surface area contributed by atoms with Crippen LogP contribution < -0.4 is 0 Å². The second-order valence-corrected chi connectivity index (χ2v) is 5.28. The maximum absolute atomic E-state index is 11.4. The zero-order valence-electron chi connectivity index (χ0n) is 7.46. The molecule has 0 radical (unpaired) electrons. The predicted molar refractivity (Wildman–Crippen MR) is 50.4 cm³/mol. The molecular weight excluding hydrogens is 172 g/mol. The highest BCUT2D eigenvalue weighted by Gasteiger charge is 2.19. The highest BCUT2D eigenvalue weighted by Crippen LogP contribution is 2.27. The summed E-state index contributed by atoms with van der Waals surface area (Å²) in [4.78, 5) is 11.4. The maximum atomic E-state index is 11.4. The lowest BCUT2D eigenvalue weighted by Crippen LogP contribution is -2.11. The maximum Gasteiger partial charge on any atom is 0.255 e. The SMILES string of the molecule is CC(C)(C)SC(=O)c1ccco1. The summed E-state index contributed by atoms with van der Waals surface area (Å²) in [6.45, 7) is 6.00. The minimum absolute atomic E-state index is 0.00694. The average Bonchev–Trinajstić information content (AvgIpc) is 2.32. The van der Waals surface area contributed by atoms with Gasteiger partial charge in [0.1, 0.15) is 0 Å². The van der Waals surface area contributed by atoms with Crippen LogP contribution in [0.2, 0.25) is 0 Å². The molecule has 0 amide bonds. The monoisotopic (exact) mass is 184 g/mol. The van der Waals surface area contributed by atoms with Crippen LogP contribution in [-0.2, 0) is 0 Å². The lowest BCUT2D eigenvalue weighted by atomic mass is 10.3. The van der Waals surface area contributed by atoms with E-state index in [-0.39, 0.29) is 9.86 Å². The molecule has 0 aliphatic carbocycles. The van der Waals surface area contributed by atoms with E-state index in [0.29, 0.717) is 5.76 Å². The van der Waals surface area contributed by atoms with E-state index in [9.17, 15) is 4.79 Å². The molecular formula is C9H12O2S. The van der Waals surface area contributed by atoms with Crippen LogP contribution in [0.3, 0.4) is 0 Å². The van der Waals surface area contributed by atoms with Gasteiger partial charge < -0.3 is 4.42 Å². The van der Waals surface area contributed by atoms with Gasteiger partial charge in [0.05, 0.1) is 6.26 Å². The Balaban J connectivity index is 2.63. The first kappa shape index (κ1) is 9.39. The van der Waals surface area contributed by atoms with Gasteiger partial charge in [-0.3, -0.25) is 4.79 Å². The van der Waals surface area contributed by atoms with Gasteiger partial charge in [-0.2, -0.15) is 0 Å². The van der Waals surface area contributed by atoms with E-state index in [1.807, 2.05) is 20.8 Å². The number of hydrogen-bond donors (Lipinski definition) is 0. The molecule has 66 valence electrons. The minimum Gasteiger partial charge on any atom is -0.460 e. The first-order valence-corrected chi connectivity index (χ1v) is 4.57. The molecule has 0 unspecified atom stereocenters. The van der Waals surface area contributed by atoms with Gasteiger partial charge in [0.2, 0.25) is 0 Å². The highest BCUT2D eigenvalue weighted by molar-refractivity contribution is 8.15. The summed E-state index contributed by atoms with van der Waals surface area (Å²) >= 11 is 1.28. The van der Waals surface area contributed by atoms with Gasteiger partial charge >= 0.3 is 0 Å². The predicted octanol–water partition coefficient (Wildman–Crippen LogP) is 2.95. The summed E-state index contributed by atoms with van der Waals surface area (Å²) in [6, 6.07) is 3.40. The quantitative estimate of drug-likeness (QED) is 0.672. The first-order chi connectivity index (χ1) is 5.49. The smallest absolute Gasteiger partial charge is 0.255 e. The molecule has 12 heavy (non-hydrogen) atoms. The standard InChI is InChI=1S/C9H12O2S/c1-9(2,3)12-8(10)7-5-4-6-11-7/h4-6H,1-3H3. The van der Waals surface area contributed by atoms with Crippen molar-refractivity contribution in [2.45, 2.75) is 25.5 Å². The Labute approximate surface area is 76.3 Å². The first-order valence-electron chi connectivity index (χ1n) is 3.76. The van der Waals surface area contributed by atoms with Gasteiger partial charge in [-0.05, 0) is 12.1 Å². The molecule has 0 spiro atoms. The summed E-state index contributed by atoms with van der Waals surface area (Å²) in [6.07, 6.45) is 1.51. The third-order valence-corrected chi connectivity index (χ3v) is 2.12. The Hall–Kier alpha value is -0.700. The molecule has 3 heteroatoms. The van der Waals surface area contributed by atoms with Crippen molar-refractivity contribution in [2.75, 3.05) is 0 Å². The van der Waals surface area contributed by atoms with E-state index < -0.39 is 0 Å². The Bertz CT molecular complexity index is 257. The lowest BCUT2D eigenvalue weighted by Gasteiger charge is -2.14. The van der Waals surface area contributed by atoms with Gasteiger partial charge in [-0.1, -0.05) is 32.5 Å². The zero-order valence-corrected chi connectivity index (χ0v) is 8.27. The molecule has 1 aromatic heterocycles. The van der Waals surface area contributed by atoms with Crippen molar-refractivity contribution in [2.24, 2.45) is 0 Å². The number of rotatable bonds is 1. The van der Waals surface area contributed by atoms with Gasteiger partial charge in [0, 0.05) is 4.75 Å². The van der Waals surface area contributed by atoms with Gasteiger partial charge in [-0.15, -0.1) is 0 Å². The van der Waals surface area contributed by atoms with E-state index in [1.54, 1.807) is 12.1 Å². The Morgan fingerprint density at radius 3 is 2.58 bits per heavy atom. The van der Waals surface area contributed by atoms with Crippen molar-refractivity contribution in [3.05, 3.63) is 24.2 Å². The third kappa shape index (κ3) is 2.74. The second-order valence-electron chi connectivity index (χ2n) is 3.48. The van der Waals surface area contributed by atoms with Crippen LogP contribution in [0, 0.1) is 0 Å². The highest BCUT2D eigenvalue weighted by atomic mass is 32.2. The van der Waals surface area contributed by atoms with E-state index in [4.69, 9.17) is 4.42 Å². The molecule has 0 saturated carbocycles. The van der Waals surface area contributed by atoms with Crippen molar-refractivity contribution in [3.63, 3.8) is 0 Å². The second kappa shape index (κ2) is 3.35. The molecule has 0 bridgehead atoms. The fraction of sp³-hybridized carbons (Fsp3) is 0.444. The molecule has 0 aliphatic rings. The number of furan rings is 1. The van der Waals surface area contributed by atoms with Gasteiger partial charge in [-0.25, -0.2) is 0 Å². The number of carbonyl (C=O) groups is 1. The summed E-state index contributed by atoms with van der Waals surface area (Å²) < 4.78 is 4.92. The van der Waals surface area contributed by atoms with Gasteiger partial charge in [0.15, 0.2) is 5.76 Å². The molecule has 0 fully saturated rings. The zero-order chi connectivity index (χ0) is 9.19. The van der Waals surface area contributed by atoms with Crippen LogP contribution in [0.1, 0.15) is 31.3 Å². The summed E-state index contributed by atoms with van der Waals surface area (Å²) in [5.41, 5.74) is 0. The molecule has 0 saturated heterocycles. The topological polar surface area (TPSA) is 30.2 Å². The molecule has 1 aromatic rings. The molecule has 0 aliphatic heterocycles. The van der Waals surface area contributed by atoms with Gasteiger partial charge in [0.25, 0.3) is 5.12 Å². The minimum atomic E-state index is -0.0517. The summed E-state index contributed by atoms with van der Waals surface area (Å²) in [5.74, 6) is 0.426. The Kier molecular flexibility index (Phi) is 2.62. The third-order valence-electron chi connectivity index (χ3n) is 1.12. The van der Waals surface area contributed by atoms with E-state index in [2.05, 4.69) is 0 Å². The largest absolute Gasteiger partial charge is 0.460 e. The Morgan fingerprint density at radius 2 is 2.17 bits per heavy atom. The van der Waals surface area contributed by atoms with Crippen LogP contribution in [0.25, 0.3) is 0 Å². The van der Waals surface area contributed by atoms with E-state index >= 15 is 0 Å².